The molecule has 0 radical (unpaired) electrons. The third-order valence-corrected chi connectivity index (χ3v) is 6.60. The van der Waals surface area contributed by atoms with E-state index in [2.05, 4.69) is 25.4 Å². The number of benzene rings is 1. The summed E-state index contributed by atoms with van der Waals surface area (Å²) in [6.07, 6.45) is 7.44. The number of hydrogen-bond donors (Lipinski definition) is 0. The molecule has 35 heavy (non-hydrogen) atoms. The van der Waals surface area contributed by atoms with Crippen LogP contribution in [-0.2, 0) is 18.0 Å². The summed E-state index contributed by atoms with van der Waals surface area (Å²) in [5, 5.41) is 2.00. The van der Waals surface area contributed by atoms with E-state index in [9.17, 15) is 9.18 Å². The van der Waals surface area contributed by atoms with Gasteiger partial charge in [0.2, 0.25) is 11.9 Å². The summed E-state index contributed by atoms with van der Waals surface area (Å²) in [5.74, 6) is 1.30. The molecule has 0 N–H and O–H groups in total. The molecule has 1 aliphatic heterocycles. The topological polar surface area (TPSA) is 68.4 Å². The van der Waals surface area contributed by atoms with E-state index in [4.69, 9.17) is 9.72 Å². The quantitative estimate of drug-likeness (QED) is 0.515. The number of aromatic nitrogens is 4. The van der Waals surface area contributed by atoms with Crippen molar-refractivity contribution in [1.82, 2.24) is 19.1 Å². The Balaban J connectivity index is 1.57. The SMILES string of the molecule is C/C=c1/nc(N2CCC(N(C)c3nccc(=O)n3COC)CC2)n(Cc2ccc(F)cc2)/c1=C/C. The molecule has 0 bridgehead atoms. The van der Waals surface area contributed by atoms with Crippen molar-refractivity contribution in [3.63, 3.8) is 0 Å². The van der Waals surface area contributed by atoms with Crippen molar-refractivity contribution in [1.29, 1.82) is 0 Å². The van der Waals surface area contributed by atoms with E-state index in [-0.39, 0.29) is 24.1 Å². The smallest absolute Gasteiger partial charge is 0.256 e. The van der Waals surface area contributed by atoms with Crippen LogP contribution in [0.3, 0.4) is 0 Å². The first-order valence-corrected chi connectivity index (χ1v) is 11.9. The van der Waals surface area contributed by atoms with Gasteiger partial charge in [0.25, 0.3) is 5.56 Å². The largest absolute Gasteiger partial charge is 0.364 e. The van der Waals surface area contributed by atoms with Gasteiger partial charge in [-0.25, -0.2) is 14.4 Å². The van der Waals surface area contributed by atoms with Crippen LogP contribution in [0.5, 0.6) is 0 Å². The molecule has 1 fully saturated rings. The maximum absolute atomic E-state index is 13.4. The van der Waals surface area contributed by atoms with E-state index in [1.807, 2.05) is 39.1 Å². The molecular formula is C26H33FN6O2. The molecule has 0 atom stereocenters. The van der Waals surface area contributed by atoms with Crippen LogP contribution in [0, 0.1) is 5.82 Å². The molecule has 9 heteroatoms. The van der Waals surface area contributed by atoms with Crippen molar-refractivity contribution in [2.45, 2.75) is 46.0 Å². The van der Waals surface area contributed by atoms with Crippen molar-refractivity contribution in [2.75, 3.05) is 37.0 Å². The van der Waals surface area contributed by atoms with Crippen LogP contribution in [0.2, 0.25) is 0 Å². The monoisotopic (exact) mass is 480 g/mol. The Morgan fingerprint density at radius 2 is 1.83 bits per heavy atom. The van der Waals surface area contributed by atoms with Crippen LogP contribution in [0.25, 0.3) is 12.2 Å². The Hall–Kier alpha value is -3.46. The van der Waals surface area contributed by atoms with Gasteiger partial charge in [0.05, 0.1) is 17.2 Å². The molecule has 0 unspecified atom stereocenters. The first-order chi connectivity index (χ1) is 17.0. The highest BCUT2D eigenvalue weighted by molar-refractivity contribution is 5.40. The highest BCUT2D eigenvalue weighted by Crippen LogP contribution is 2.23. The zero-order valence-corrected chi connectivity index (χ0v) is 20.8. The second-order valence-corrected chi connectivity index (χ2v) is 8.73. The second kappa shape index (κ2) is 10.9. The zero-order valence-electron chi connectivity index (χ0n) is 20.8. The first kappa shape index (κ1) is 24.7. The summed E-state index contributed by atoms with van der Waals surface area (Å²) in [5.41, 5.74) is 0.896. The minimum absolute atomic E-state index is 0.129. The number of rotatable bonds is 7. The van der Waals surface area contributed by atoms with Gasteiger partial charge in [0.15, 0.2) is 0 Å². The fourth-order valence-corrected chi connectivity index (χ4v) is 4.73. The fraction of sp³-hybridized carbons (Fsp3) is 0.423. The number of halogens is 1. The molecule has 0 aliphatic carbocycles. The van der Waals surface area contributed by atoms with Crippen LogP contribution in [-0.4, -0.2) is 52.4 Å². The number of methoxy groups -OCH3 is 1. The predicted octanol–water partition coefficient (Wildman–Crippen LogP) is 1.94. The maximum atomic E-state index is 13.4. The summed E-state index contributed by atoms with van der Waals surface area (Å²) < 4.78 is 22.4. The number of piperidine rings is 1. The van der Waals surface area contributed by atoms with E-state index in [1.165, 1.54) is 18.2 Å². The Kier molecular flexibility index (Phi) is 7.65. The summed E-state index contributed by atoms with van der Waals surface area (Å²) in [6.45, 7) is 6.44. The Labute approximate surface area is 204 Å². The molecule has 0 saturated carbocycles. The van der Waals surface area contributed by atoms with Gasteiger partial charge in [0.1, 0.15) is 12.5 Å². The summed E-state index contributed by atoms with van der Waals surface area (Å²) in [4.78, 5) is 26.1. The molecule has 186 valence electrons. The molecule has 8 nitrogen and oxygen atoms in total. The molecule has 0 spiro atoms. The van der Waals surface area contributed by atoms with Gasteiger partial charge < -0.3 is 19.1 Å². The fourth-order valence-electron chi connectivity index (χ4n) is 4.73. The van der Waals surface area contributed by atoms with E-state index in [0.717, 1.165) is 48.1 Å². The van der Waals surface area contributed by atoms with E-state index in [0.29, 0.717) is 12.5 Å². The van der Waals surface area contributed by atoms with Crippen LogP contribution >= 0.6 is 0 Å². The van der Waals surface area contributed by atoms with Gasteiger partial charge in [-0.3, -0.25) is 9.36 Å². The minimum atomic E-state index is -0.237. The van der Waals surface area contributed by atoms with Crippen molar-refractivity contribution < 1.29 is 9.13 Å². The molecule has 2 aromatic heterocycles. The third-order valence-electron chi connectivity index (χ3n) is 6.60. The standard InChI is InChI=1S/C26H33FN6O2/c1-5-22-23(6-2)32(17-19-7-9-20(27)10-8-19)26(29-22)31-15-12-21(13-16-31)30(3)25-28-14-11-24(34)33(25)18-35-4/h5-11,14,21H,12-13,15-18H2,1-4H3/b22-5+,23-6+. The van der Waals surface area contributed by atoms with Crippen LogP contribution in [0.1, 0.15) is 32.3 Å². The summed E-state index contributed by atoms with van der Waals surface area (Å²) in [7, 11) is 3.55. The first-order valence-electron chi connectivity index (χ1n) is 11.9. The summed E-state index contributed by atoms with van der Waals surface area (Å²) >= 11 is 0. The van der Waals surface area contributed by atoms with Crippen molar-refractivity contribution in [2.24, 2.45) is 0 Å². The highest BCUT2D eigenvalue weighted by Gasteiger charge is 2.27. The average Bonchev–Trinajstić information content (AvgIpc) is 3.23. The molecule has 1 aliphatic rings. The molecule has 1 saturated heterocycles. The lowest BCUT2D eigenvalue weighted by atomic mass is 10.0. The van der Waals surface area contributed by atoms with Crippen molar-refractivity contribution >= 4 is 24.0 Å². The lowest BCUT2D eigenvalue weighted by Crippen LogP contribution is -2.46. The Morgan fingerprint density at radius 3 is 2.46 bits per heavy atom. The summed E-state index contributed by atoms with van der Waals surface area (Å²) in [6, 6.07) is 8.32. The van der Waals surface area contributed by atoms with Gasteiger partial charge in [-0.2, -0.15) is 0 Å². The highest BCUT2D eigenvalue weighted by atomic mass is 19.1. The van der Waals surface area contributed by atoms with Crippen molar-refractivity contribution in [3.05, 3.63) is 69.0 Å². The normalized spacial score (nSPS) is 15.7. The number of imidazole rings is 1. The van der Waals surface area contributed by atoms with Crippen LogP contribution in [0.4, 0.5) is 16.3 Å². The Bertz CT molecular complexity index is 1320. The lowest BCUT2D eigenvalue weighted by Gasteiger charge is -2.38. The van der Waals surface area contributed by atoms with E-state index >= 15 is 0 Å². The molecular weight excluding hydrogens is 447 g/mol. The van der Waals surface area contributed by atoms with Gasteiger partial charge >= 0.3 is 0 Å². The molecule has 0 amide bonds. The zero-order chi connectivity index (χ0) is 24.9. The minimum Gasteiger partial charge on any atom is -0.364 e. The Morgan fingerprint density at radius 1 is 1.11 bits per heavy atom. The number of hydrogen-bond acceptors (Lipinski definition) is 6. The second-order valence-electron chi connectivity index (χ2n) is 8.73. The lowest BCUT2D eigenvalue weighted by molar-refractivity contribution is 0.128. The van der Waals surface area contributed by atoms with Gasteiger partial charge in [-0.05, 0) is 44.4 Å². The van der Waals surface area contributed by atoms with Crippen LogP contribution in [0.15, 0.2) is 41.3 Å². The third kappa shape index (κ3) is 5.14. The van der Waals surface area contributed by atoms with E-state index in [1.54, 1.807) is 17.9 Å². The molecule has 1 aromatic carbocycles. The number of nitrogens with zero attached hydrogens (tertiary/aromatic N) is 6. The maximum Gasteiger partial charge on any atom is 0.256 e. The predicted molar refractivity (Wildman–Crippen MR) is 136 cm³/mol. The van der Waals surface area contributed by atoms with Gasteiger partial charge in [0, 0.05) is 45.6 Å². The van der Waals surface area contributed by atoms with E-state index < -0.39 is 0 Å². The molecule has 3 heterocycles. The number of anilines is 2. The van der Waals surface area contributed by atoms with Crippen molar-refractivity contribution in [3.8, 4) is 0 Å². The molecule has 3 aromatic rings. The van der Waals surface area contributed by atoms with Gasteiger partial charge in [-0.1, -0.05) is 24.3 Å². The molecule has 4 rings (SSSR count). The average molecular weight is 481 g/mol. The van der Waals surface area contributed by atoms with Gasteiger partial charge in [-0.15, -0.1) is 0 Å². The van der Waals surface area contributed by atoms with Crippen LogP contribution < -0.4 is 26.1 Å². The number of ether oxygens (including phenoxy) is 1.